The number of amides is 1. The fraction of sp³-hybridized carbons (Fsp3) is 0.933. The van der Waals surface area contributed by atoms with Gasteiger partial charge in [0.05, 0.1) is 6.54 Å². The van der Waals surface area contributed by atoms with Crippen molar-refractivity contribution in [2.24, 2.45) is 17.6 Å². The molecular formula is C15H32ClN3O. The predicted octanol–water partition coefficient (Wildman–Crippen LogP) is 1.97. The first kappa shape index (κ1) is 19.7. The minimum atomic E-state index is 0. The number of likely N-dealkylation sites (tertiary alicyclic amines) is 1. The first-order chi connectivity index (χ1) is 8.88. The van der Waals surface area contributed by atoms with Crippen LogP contribution in [0.15, 0.2) is 0 Å². The van der Waals surface area contributed by atoms with E-state index in [0.29, 0.717) is 24.4 Å². The second-order valence-electron chi connectivity index (χ2n) is 6.70. The van der Waals surface area contributed by atoms with Crippen molar-refractivity contribution in [3.63, 3.8) is 0 Å². The van der Waals surface area contributed by atoms with Crippen LogP contribution in [-0.2, 0) is 4.79 Å². The zero-order valence-corrected chi connectivity index (χ0v) is 14.3. The van der Waals surface area contributed by atoms with Gasteiger partial charge >= 0.3 is 0 Å². The molecule has 0 unspecified atom stereocenters. The number of carbonyl (C=O) groups excluding carboxylic acids is 1. The lowest BCUT2D eigenvalue weighted by molar-refractivity contribution is -0.133. The molecule has 20 heavy (non-hydrogen) atoms. The van der Waals surface area contributed by atoms with Crippen LogP contribution in [0.5, 0.6) is 0 Å². The quantitative estimate of drug-likeness (QED) is 0.816. The van der Waals surface area contributed by atoms with E-state index in [4.69, 9.17) is 5.73 Å². The lowest BCUT2D eigenvalue weighted by Gasteiger charge is -2.33. The summed E-state index contributed by atoms with van der Waals surface area (Å²) in [7, 11) is 0. The van der Waals surface area contributed by atoms with Gasteiger partial charge in [0.25, 0.3) is 0 Å². The molecule has 1 aliphatic heterocycles. The van der Waals surface area contributed by atoms with Gasteiger partial charge in [0.15, 0.2) is 0 Å². The number of nitrogens with zero attached hydrogens (tertiary/aromatic N) is 2. The number of halogens is 1. The maximum atomic E-state index is 12.4. The second-order valence-corrected chi connectivity index (χ2v) is 6.70. The predicted molar refractivity (Wildman–Crippen MR) is 87.2 cm³/mol. The van der Waals surface area contributed by atoms with Crippen molar-refractivity contribution in [2.75, 3.05) is 32.7 Å². The van der Waals surface area contributed by atoms with Crippen LogP contribution in [0.1, 0.15) is 40.5 Å². The van der Waals surface area contributed by atoms with E-state index in [1.54, 1.807) is 0 Å². The fourth-order valence-electron chi connectivity index (χ4n) is 2.56. The van der Waals surface area contributed by atoms with E-state index >= 15 is 0 Å². The van der Waals surface area contributed by atoms with Gasteiger partial charge in [-0.3, -0.25) is 9.69 Å². The van der Waals surface area contributed by atoms with E-state index in [0.717, 1.165) is 39.0 Å². The third-order valence-corrected chi connectivity index (χ3v) is 3.51. The first-order valence-electron chi connectivity index (χ1n) is 7.64. The van der Waals surface area contributed by atoms with E-state index in [9.17, 15) is 4.79 Å². The number of rotatable bonds is 6. The van der Waals surface area contributed by atoms with Crippen molar-refractivity contribution >= 4 is 18.3 Å². The summed E-state index contributed by atoms with van der Waals surface area (Å²) in [5, 5.41) is 0. The third kappa shape index (κ3) is 7.46. The van der Waals surface area contributed by atoms with Gasteiger partial charge in [-0.05, 0) is 24.7 Å². The van der Waals surface area contributed by atoms with E-state index in [2.05, 4.69) is 32.6 Å². The minimum Gasteiger partial charge on any atom is -0.341 e. The molecule has 0 atom stereocenters. The van der Waals surface area contributed by atoms with Crippen LogP contribution in [0.3, 0.4) is 0 Å². The molecule has 1 aliphatic rings. The Bertz CT molecular complexity index is 266. The van der Waals surface area contributed by atoms with E-state index in [1.807, 2.05) is 4.90 Å². The Morgan fingerprint density at radius 3 is 2.00 bits per heavy atom. The van der Waals surface area contributed by atoms with Gasteiger partial charge in [-0.15, -0.1) is 12.4 Å². The molecule has 1 rings (SSSR count). The van der Waals surface area contributed by atoms with E-state index < -0.39 is 0 Å². The zero-order valence-electron chi connectivity index (χ0n) is 13.5. The Balaban J connectivity index is 0.00000361. The summed E-state index contributed by atoms with van der Waals surface area (Å²) in [6.07, 6.45) is 2.03. The van der Waals surface area contributed by atoms with Crippen LogP contribution in [0, 0.1) is 11.8 Å². The van der Waals surface area contributed by atoms with Crippen molar-refractivity contribution in [3.8, 4) is 0 Å². The minimum absolute atomic E-state index is 0. The molecule has 1 fully saturated rings. The molecule has 0 aromatic carbocycles. The standard InChI is InChI=1S/C15H31N3O.ClH/c1-12(2)9-18(10-13(3)4)15(19)11-17-7-5-14(16)6-8-17;/h12-14H,5-11,16H2,1-4H3;1H. The third-order valence-electron chi connectivity index (χ3n) is 3.51. The highest BCUT2D eigenvalue weighted by molar-refractivity contribution is 5.85. The molecule has 0 aromatic heterocycles. The highest BCUT2D eigenvalue weighted by Gasteiger charge is 2.22. The Morgan fingerprint density at radius 1 is 1.15 bits per heavy atom. The molecule has 1 heterocycles. The molecule has 0 spiro atoms. The fourth-order valence-corrected chi connectivity index (χ4v) is 2.56. The lowest BCUT2D eigenvalue weighted by Crippen LogP contribution is -2.47. The molecule has 0 radical (unpaired) electrons. The van der Waals surface area contributed by atoms with Crippen LogP contribution in [0.2, 0.25) is 0 Å². The molecule has 0 aliphatic carbocycles. The van der Waals surface area contributed by atoms with Crippen molar-refractivity contribution in [1.29, 1.82) is 0 Å². The molecule has 4 nitrogen and oxygen atoms in total. The molecule has 0 aromatic rings. The summed E-state index contributed by atoms with van der Waals surface area (Å²) < 4.78 is 0. The maximum absolute atomic E-state index is 12.4. The molecule has 120 valence electrons. The van der Waals surface area contributed by atoms with Gasteiger partial charge in [-0.1, -0.05) is 27.7 Å². The number of hydrogen-bond acceptors (Lipinski definition) is 3. The Hall–Kier alpha value is -0.320. The largest absolute Gasteiger partial charge is 0.341 e. The second kappa shape index (κ2) is 9.59. The Kier molecular flexibility index (Phi) is 9.43. The van der Waals surface area contributed by atoms with Crippen molar-refractivity contribution in [2.45, 2.75) is 46.6 Å². The SMILES string of the molecule is CC(C)CN(CC(C)C)C(=O)CN1CCC(N)CC1.Cl. The monoisotopic (exact) mass is 305 g/mol. The van der Waals surface area contributed by atoms with Gasteiger partial charge < -0.3 is 10.6 Å². The summed E-state index contributed by atoms with van der Waals surface area (Å²) in [4.78, 5) is 16.7. The zero-order chi connectivity index (χ0) is 14.4. The summed E-state index contributed by atoms with van der Waals surface area (Å²) in [5.74, 6) is 1.33. The summed E-state index contributed by atoms with van der Waals surface area (Å²) in [6, 6.07) is 0.328. The number of nitrogens with two attached hydrogens (primary N) is 1. The Morgan fingerprint density at radius 2 is 1.60 bits per heavy atom. The van der Waals surface area contributed by atoms with Crippen LogP contribution >= 0.6 is 12.4 Å². The summed E-state index contributed by atoms with van der Waals surface area (Å²) in [6.45, 7) is 12.9. The summed E-state index contributed by atoms with van der Waals surface area (Å²) >= 11 is 0. The average Bonchev–Trinajstić information content (AvgIpc) is 2.30. The van der Waals surface area contributed by atoms with Crippen molar-refractivity contribution < 1.29 is 4.79 Å². The lowest BCUT2D eigenvalue weighted by atomic mass is 10.1. The Labute approximate surface area is 130 Å². The van der Waals surface area contributed by atoms with Crippen LogP contribution < -0.4 is 5.73 Å². The van der Waals surface area contributed by atoms with Crippen molar-refractivity contribution in [3.05, 3.63) is 0 Å². The smallest absolute Gasteiger partial charge is 0.236 e. The molecular weight excluding hydrogens is 274 g/mol. The molecule has 0 bridgehead atoms. The highest BCUT2D eigenvalue weighted by atomic mass is 35.5. The molecule has 2 N–H and O–H groups in total. The summed E-state index contributed by atoms with van der Waals surface area (Å²) in [5.41, 5.74) is 5.90. The number of carbonyl (C=O) groups is 1. The maximum Gasteiger partial charge on any atom is 0.236 e. The van der Waals surface area contributed by atoms with Gasteiger partial charge in [0, 0.05) is 32.2 Å². The van der Waals surface area contributed by atoms with Gasteiger partial charge in [0.1, 0.15) is 0 Å². The van der Waals surface area contributed by atoms with Crippen molar-refractivity contribution in [1.82, 2.24) is 9.80 Å². The topological polar surface area (TPSA) is 49.6 Å². The van der Waals surface area contributed by atoms with Gasteiger partial charge in [-0.25, -0.2) is 0 Å². The van der Waals surface area contributed by atoms with E-state index in [1.165, 1.54) is 0 Å². The van der Waals surface area contributed by atoms with Gasteiger partial charge in [0.2, 0.25) is 5.91 Å². The molecule has 0 saturated carbocycles. The highest BCUT2D eigenvalue weighted by Crippen LogP contribution is 2.10. The normalized spacial score (nSPS) is 17.4. The van der Waals surface area contributed by atoms with E-state index in [-0.39, 0.29) is 18.3 Å². The first-order valence-corrected chi connectivity index (χ1v) is 7.64. The van der Waals surface area contributed by atoms with Crippen LogP contribution in [0.4, 0.5) is 0 Å². The molecule has 1 amide bonds. The molecule has 1 saturated heterocycles. The average molecular weight is 306 g/mol. The van der Waals surface area contributed by atoms with Gasteiger partial charge in [-0.2, -0.15) is 0 Å². The number of hydrogen-bond donors (Lipinski definition) is 1. The van der Waals surface area contributed by atoms with Crippen LogP contribution in [0.25, 0.3) is 0 Å². The van der Waals surface area contributed by atoms with Crippen LogP contribution in [-0.4, -0.2) is 54.5 Å². The molecule has 5 heteroatoms. The number of piperidine rings is 1.